The molecule has 2 rings (SSSR count). The highest BCUT2D eigenvalue weighted by atomic mass is 16.5. The van der Waals surface area contributed by atoms with E-state index in [1.165, 1.54) is 20.0 Å². The molecule has 0 radical (unpaired) electrons. The van der Waals surface area contributed by atoms with Gasteiger partial charge in [-0.1, -0.05) is 12.8 Å². The standard InChI is InChI=1S/C9H15N5O/c1-15-9-13-7(10)12-8(14-9)11-6-4-2-3-5-6/h6H,2-5H2,1H3,(H3,10,11,12,13,14). The Balaban J connectivity index is 2.09. The van der Waals surface area contributed by atoms with Crippen molar-refractivity contribution < 1.29 is 4.74 Å². The monoisotopic (exact) mass is 209 g/mol. The highest BCUT2D eigenvalue weighted by molar-refractivity contribution is 5.33. The lowest BCUT2D eigenvalue weighted by Crippen LogP contribution is -2.17. The van der Waals surface area contributed by atoms with Crippen LogP contribution in [0.5, 0.6) is 6.01 Å². The van der Waals surface area contributed by atoms with Crippen molar-refractivity contribution in [2.75, 3.05) is 18.2 Å². The summed E-state index contributed by atoms with van der Waals surface area (Å²) in [5, 5.41) is 3.23. The largest absolute Gasteiger partial charge is 0.467 e. The topological polar surface area (TPSA) is 86.0 Å². The van der Waals surface area contributed by atoms with Gasteiger partial charge in [-0.15, -0.1) is 0 Å². The Hall–Kier alpha value is -1.59. The van der Waals surface area contributed by atoms with E-state index in [2.05, 4.69) is 20.3 Å². The number of methoxy groups -OCH3 is 1. The Bertz CT molecular complexity index is 337. The zero-order chi connectivity index (χ0) is 10.7. The molecule has 0 aromatic carbocycles. The summed E-state index contributed by atoms with van der Waals surface area (Å²) in [5.74, 6) is 0.689. The van der Waals surface area contributed by atoms with Gasteiger partial charge in [0.2, 0.25) is 11.9 Å². The normalized spacial score (nSPS) is 16.6. The van der Waals surface area contributed by atoms with Gasteiger partial charge in [-0.2, -0.15) is 15.0 Å². The number of nitrogens with two attached hydrogens (primary N) is 1. The molecule has 1 fully saturated rings. The lowest BCUT2D eigenvalue weighted by atomic mass is 10.3. The summed E-state index contributed by atoms with van der Waals surface area (Å²) in [6.45, 7) is 0. The van der Waals surface area contributed by atoms with Crippen LogP contribution in [0.4, 0.5) is 11.9 Å². The Labute approximate surface area is 88.3 Å². The zero-order valence-corrected chi connectivity index (χ0v) is 8.73. The molecule has 1 heterocycles. The zero-order valence-electron chi connectivity index (χ0n) is 8.73. The molecular weight excluding hydrogens is 194 g/mol. The van der Waals surface area contributed by atoms with Crippen LogP contribution in [0.3, 0.4) is 0 Å². The van der Waals surface area contributed by atoms with Gasteiger partial charge >= 0.3 is 6.01 Å². The predicted molar refractivity (Wildman–Crippen MR) is 56.7 cm³/mol. The second kappa shape index (κ2) is 4.29. The maximum absolute atomic E-state index is 5.53. The highest BCUT2D eigenvalue weighted by Gasteiger charge is 2.16. The first-order valence-corrected chi connectivity index (χ1v) is 5.10. The van der Waals surface area contributed by atoms with Gasteiger partial charge in [0, 0.05) is 6.04 Å². The molecule has 15 heavy (non-hydrogen) atoms. The first-order chi connectivity index (χ1) is 7.28. The molecule has 82 valence electrons. The van der Waals surface area contributed by atoms with Crippen molar-refractivity contribution in [2.24, 2.45) is 0 Å². The van der Waals surface area contributed by atoms with Crippen LogP contribution in [0, 0.1) is 0 Å². The van der Waals surface area contributed by atoms with Gasteiger partial charge in [0.15, 0.2) is 0 Å². The highest BCUT2D eigenvalue weighted by Crippen LogP contribution is 2.21. The maximum atomic E-state index is 5.53. The van der Waals surface area contributed by atoms with Crippen molar-refractivity contribution >= 4 is 11.9 Å². The van der Waals surface area contributed by atoms with E-state index in [0.717, 1.165) is 12.8 Å². The third-order valence-corrected chi connectivity index (χ3v) is 2.50. The molecule has 0 atom stereocenters. The molecule has 6 nitrogen and oxygen atoms in total. The van der Waals surface area contributed by atoms with E-state index in [9.17, 15) is 0 Å². The number of aromatic nitrogens is 3. The number of nitrogen functional groups attached to an aromatic ring is 1. The van der Waals surface area contributed by atoms with E-state index in [-0.39, 0.29) is 12.0 Å². The predicted octanol–water partition coefficient (Wildman–Crippen LogP) is 0.817. The minimum Gasteiger partial charge on any atom is -0.467 e. The Kier molecular flexibility index (Phi) is 2.84. The second-order valence-electron chi connectivity index (χ2n) is 3.63. The van der Waals surface area contributed by atoms with Crippen LogP contribution in [-0.2, 0) is 0 Å². The van der Waals surface area contributed by atoms with Crippen LogP contribution in [0.15, 0.2) is 0 Å². The van der Waals surface area contributed by atoms with Crippen LogP contribution in [0.1, 0.15) is 25.7 Å². The summed E-state index contributed by atoms with van der Waals surface area (Å²) in [7, 11) is 1.51. The summed E-state index contributed by atoms with van der Waals surface area (Å²) in [6, 6.07) is 0.708. The maximum Gasteiger partial charge on any atom is 0.322 e. The number of rotatable bonds is 3. The fourth-order valence-electron chi connectivity index (χ4n) is 1.78. The smallest absolute Gasteiger partial charge is 0.322 e. The van der Waals surface area contributed by atoms with Crippen molar-refractivity contribution in [3.8, 4) is 6.01 Å². The average molecular weight is 209 g/mol. The molecule has 0 unspecified atom stereocenters. The van der Waals surface area contributed by atoms with Crippen molar-refractivity contribution in [1.82, 2.24) is 15.0 Å². The molecule has 1 aromatic heterocycles. The molecule has 0 bridgehead atoms. The van der Waals surface area contributed by atoms with Gasteiger partial charge in [-0.05, 0) is 12.8 Å². The molecular formula is C9H15N5O. The summed E-state index contributed by atoms with van der Waals surface area (Å²) in [4.78, 5) is 11.9. The lowest BCUT2D eigenvalue weighted by molar-refractivity contribution is 0.379. The van der Waals surface area contributed by atoms with E-state index in [1.807, 2.05) is 0 Å². The molecule has 1 aliphatic carbocycles. The Morgan fingerprint density at radius 2 is 2.00 bits per heavy atom. The SMILES string of the molecule is COc1nc(N)nc(NC2CCCC2)n1. The molecule has 0 amide bonds. The van der Waals surface area contributed by atoms with Gasteiger partial charge in [0.05, 0.1) is 7.11 Å². The summed E-state index contributed by atoms with van der Waals surface area (Å²) in [5.41, 5.74) is 5.53. The quantitative estimate of drug-likeness (QED) is 0.766. The van der Waals surface area contributed by atoms with Gasteiger partial charge < -0.3 is 15.8 Å². The van der Waals surface area contributed by atoms with Gasteiger partial charge in [0.25, 0.3) is 0 Å². The minimum atomic E-state index is 0.183. The van der Waals surface area contributed by atoms with Gasteiger partial charge in [0.1, 0.15) is 0 Å². The second-order valence-corrected chi connectivity index (χ2v) is 3.63. The van der Waals surface area contributed by atoms with Crippen molar-refractivity contribution in [3.63, 3.8) is 0 Å². The van der Waals surface area contributed by atoms with E-state index in [0.29, 0.717) is 12.0 Å². The van der Waals surface area contributed by atoms with E-state index in [4.69, 9.17) is 10.5 Å². The molecule has 0 aliphatic heterocycles. The van der Waals surface area contributed by atoms with Gasteiger partial charge in [-0.3, -0.25) is 0 Å². The van der Waals surface area contributed by atoms with Crippen molar-refractivity contribution in [3.05, 3.63) is 0 Å². The van der Waals surface area contributed by atoms with Crippen LogP contribution >= 0.6 is 0 Å². The summed E-state index contributed by atoms with van der Waals surface area (Å²) >= 11 is 0. The Morgan fingerprint density at radius 1 is 1.27 bits per heavy atom. The number of nitrogens with one attached hydrogen (secondary N) is 1. The van der Waals surface area contributed by atoms with Crippen LogP contribution in [0.25, 0.3) is 0 Å². The molecule has 6 heteroatoms. The Morgan fingerprint density at radius 3 is 2.67 bits per heavy atom. The molecule has 1 saturated carbocycles. The third kappa shape index (κ3) is 2.45. The molecule has 1 aromatic rings. The summed E-state index contributed by atoms with van der Waals surface area (Å²) in [6.07, 6.45) is 4.84. The number of anilines is 2. The van der Waals surface area contributed by atoms with E-state index in [1.54, 1.807) is 0 Å². The first-order valence-electron chi connectivity index (χ1n) is 5.10. The number of nitrogens with zero attached hydrogens (tertiary/aromatic N) is 3. The third-order valence-electron chi connectivity index (χ3n) is 2.50. The number of ether oxygens (including phenoxy) is 1. The van der Waals surface area contributed by atoms with Crippen LogP contribution < -0.4 is 15.8 Å². The number of hydrogen-bond donors (Lipinski definition) is 2. The van der Waals surface area contributed by atoms with Crippen molar-refractivity contribution in [2.45, 2.75) is 31.7 Å². The van der Waals surface area contributed by atoms with E-state index < -0.39 is 0 Å². The number of hydrogen-bond acceptors (Lipinski definition) is 6. The summed E-state index contributed by atoms with van der Waals surface area (Å²) < 4.78 is 4.92. The van der Waals surface area contributed by atoms with Crippen LogP contribution in [0.2, 0.25) is 0 Å². The fourth-order valence-corrected chi connectivity index (χ4v) is 1.78. The minimum absolute atomic E-state index is 0.183. The van der Waals surface area contributed by atoms with E-state index >= 15 is 0 Å². The van der Waals surface area contributed by atoms with Gasteiger partial charge in [-0.25, -0.2) is 0 Å². The molecule has 1 aliphatic rings. The first kappa shape index (κ1) is 9.95. The average Bonchev–Trinajstić information content (AvgIpc) is 2.69. The molecule has 3 N–H and O–H groups in total. The molecule has 0 saturated heterocycles. The lowest BCUT2D eigenvalue weighted by Gasteiger charge is -2.11. The fraction of sp³-hybridized carbons (Fsp3) is 0.667. The van der Waals surface area contributed by atoms with Crippen LogP contribution in [-0.4, -0.2) is 28.1 Å². The molecule has 0 spiro atoms. The van der Waals surface area contributed by atoms with Crippen molar-refractivity contribution in [1.29, 1.82) is 0 Å².